The zero-order chi connectivity index (χ0) is 19.1. The lowest BCUT2D eigenvalue weighted by Crippen LogP contribution is -2.47. The zero-order valence-electron chi connectivity index (χ0n) is 15.7. The Morgan fingerprint density at radius 2 is 2.22 bits per heavy atom. The second-order valence-electron chi connectivity index (χ2n) is 7.18. The second kappa shape index (κ2) is 9.28. The third kappa shape index (κ3) is 5.05. The first-order valence-electron chi connectivity index (χ1n) is 9.46. The molecule has 1 amide bonds. The first kappa shape index (κ1) is 19.8. The average molecular weight is 378 g/mol. The highest BCUT2D eigenvalue weighted by molar-refractivity contribution is 6.01. The molecule has 148 valence electrons. The molecule has 1 unspecified atom stereocenters. The maximum Gasteiger partial charge on any atom is 0.226 e. The Kier molecular flexibility index (Phi) is 6.79. The Bertz CT molecular complexity index is 674. The number of carbonyl (C=O) groups is 1. The number of benzene rings is 1. The van der Waals surface area contributed by atoms with E-state index in [4.69, 9.17) is 14.3 Å². The molecule has 6 nitrogen and oxygen atoms in total. The number of hydrogen-bond acceptors (Lipinski definition) is 5. The highest BCUT2D eigenvalue weighted by Crippen LogP contribution is 2.38. The number of ether oxygens (including phenoxy) is 2. The summed E-state index contributed by atoms with van der Waals surface area (Å²) >= 11 is 0. The van der Waals surface area contributed by atoms with Gasteiger partial charge in [-0.25, -0.2) is 4.39 Å². The molecule has 0 aliphatic carbocycles. The molecule has 0 saturated carbocycles. The third-order valence-corrected chi connectivity index (χ3v) is 5.25. The minimum absolute atomic E-state index is 0.0460. The van der Waals surface area contributed by atoms with Gasteiger partial charge in [-0.1, -0.05) is 17.3 Å². The summed E-state index contributed by atoms with van der Waals surface area (Å²) in [6.07, 6.45) is 3.07. The van der Waals surface area contributed by atoms with Crippen LogP contribution in [0.1, 0.15) is 37.7 Å². The molecular weight excluding hydrogens is 351 g/mol. The van der Waals surface area contributed by atoms with Gasteiger partial charge in [-0.15, -0.1) is 0 Å². The molecule has 1 aromatic rings. The van der Waals surface area contributed by atoms with Crippen LogP contribution in [0.15, 0.2) is 29.4 Å². The van der Waals surface area contributed by atoms with Crippen LogP contribution < -0.4 is 5.32 Å². The Morgan fingerprint density at radius 1 is 1.41 bits per heavy atom. The van der Waals surface area contributed by atoms with Crippen LogP contribution in [0.25, 0.3) is 0 Å². The van der Waals surface area contributed by atoms with Gasteiger partial charge in [-0.2, -0.15) is 0 Å². The second-order valence-corrected chi connectivity index (χ2v) is 7.18. The minimum atomic E-state index is -0.511. The van der Waals surface area contributed by atoms with Gasteiger partial charge in [-0.05, 0) is 31.4 Å². The van der Waals surface area contributed by atoms with Crippen LogP contribution in [0.2, 0.25) is 0 Å². The summed E-state index contributed by atoms with van der Waals surface area (Å²) in [5.74, 6) is -0.250. The van der Waals surface area contributed by atoms with E-state index in [1.54, 1.807) is 13.2 Å². The first-order chi connectivity index (χ1) is 13.1. The number of halogens is 1. The van der Waals surface area contributed by atoms with Crippen molar-refractivity contribution in [2.24, 2.45) is 10.6 Å². The van der Waals surface area contributed by atoms with Crippen molar-refractivity contribution in [3.8, 4) is 0 Å². The van der Waals surface area contributed by atoms with E-state index in [2.05, 4.69) is 10.5 Å². The van der Waals surface area contributed by atoms with Crippen molar-refractivity contribution >= 4 is 11.6 Å². The predicted molar refractivity (Wildman–Crippen MR) is 99.0 cm³/mol. The molecule has 27 heavy (non-hydrogen) atoms. The molecule has 2 aliphatic heterocycles. The van der Waals surface area contributed by atoms with Gasteiger partial charge < -0.3 is 19.6 Å². The zero-order valence-corrected chi connectivity index (χ0v) is 15.7. The average Bonchev–Trinajstić information content (AvgIpc) is 3.14. The number of hydrogen-bond donors (Lipinski definition) is 1. The van der Waals surface area contributed by atoms with Crippen LogP contribution >= 0.6 is 0 Å². The number of carbonyl (C=O) groups excluding carboxylic acids is 1. The molecular formula is C20H27FN2O4. The highest BCUT2D eigenvalue weighted by atomic mass is 19.1. The van der Waals surface area contributed by atoms with Crippen LogP contribution in [0.3, 0.4) is 0 Å². The quantitative estimate of drug-likeness (QED) is 0.706. The predicted octanol–water partition coefficient (Wildman–Crippen LogP) is 2.66. The molecule has 0 spiro atoms. The van der Waals surface area contributed by atoms with E-state index in [-0.39, 0.29) is 17.8 Å². The molecule has 7 heteroatoms. The fraction of sp³-hybridized carbons (Fsp3) is 0.600. The lowest BCUT2D eigenvalue weighted by atomic mass is 9.74. The van der Waals surface area contributed by atoms with E-state index in [9.17, 15) is 9.18 Å². The summed E-state index contributed by atoms with van der Waals surface area (Å²) in [5.41, 5.74) is 0.938. The smallest absolute Gasteiger partial charge is 0.226 e. The normalized spacial score (nSPS) is 21.4. The minimum Gasteiger partial charge on any atom is -0.392 e. The molecule has 2 aliphatic rings. The largest absolute Gasteiger partial charge is 0.392 e. The number of methoxy groups -OCH3 is 1. The number of oxime groups is 1. The molecule has 3 rings (SSSR count). The van der Waals surface area contributed by atoms with Crippen molar-refractivity contribution in [3.63, 3.8) is 0 Å². The maximum absolute atomic E-state index is 13.5. The van der Waals surface area contributed by atoms with Crippen molar-refractivity contribution in [3.05, 3.63) is 35.6 Å². The Morgan fingerprint density at radius 3 is 2.96 bits per heavy atom. The fourth-order valence-corrected chi connectivity index (χ4v) is 3.70. The number of nitrogens with one attached hydrogen (secondary N) is 1. The fourth-order valence-electron chi connectivity index (χ4n) is 3.70. The van der Waals surface area contributed by atoms with Crippen molar-refractivity contribution in [1.82, 2.24) is 5.32 Å². The van der Waals surface area contributed by atoms with Gasteiger partial charge in [0.2, 0.25) is 5.91 Å². The van der Waals surface area contributed by atoms with E-state index in [0.29, 0.717) is 52.0 Å². The van der Waals surface area contributed by atoms with Gasteiger partial charge in [0.05, 0.1) is 11.1 Å². The molecule has 1 atom stereocenters. The molecule has 2 heterocycles. The summed E-state index contributed by atoms with van der Waals surface area (Å²) in [5, 5.41) is 7.18. The van der Waals surface area contributed by atoms with Gasteiger partial charge in [0.25, 0.3) is 0 Å². The van der Waals surface area contributed by atoms with Crippen LogP contribution in [0.4, 0.5) is 4.39 Å². The van der Waals surface area contributed by atoms with Gasteiger partial charge in [-0.3, -0.25) is 4.79 Å². The lowest BCUT2D eigenvalue weighted by Gasteiger charge is -2.37. The van der Waals surface area contributed by atoms with Crippen LogP contribution in [0.5, 0.6) is 0 Å². The molecule has 0 bridgehead atoms. The van der Waals surface area contributed by atoms with E-state index in [0.717, 1.165) is 17.7 Å². The molecule has 1 fully saturated rings. The standard InChI is InChI=1S/C20H27FN2O4/c1-25-9-3-8-22-19(24)20(6-10-26-11-7-20)14-17-13-18(23-27-17)15-4-2-5-16(21)12-15/h2,4-5,12,17H,3,6-11,13-14H2,1H3,(H,22,24). The summed E-state index contributed by atoms with van der Waals surface area (Å²) in [7, 11) is 1.65. The summed E-state index contributed by atoms with van der Waals surface area (Å²) < 4.78 is 24.0. The van der Waals surface area contributed by atoms with Gasteiger partial charge in [0.1, 0.15) is 11.9 Å². The number of amides is 1. The van der Waals surface area contributed by atoms with Crippen LogP contribution in [-0.2, 0) is 19.1 Å². The molecule has 0 aromatic heterocycles. The Labute approximate surface area is 159 Å². The molecule has 1 aromatic carbocycles. The monoisotopic (exact) mass is 378 g/mol. The Balaban J connectivity index is 1.61. The van der Waals surface area contributed by atoms with Crippen molar-refractivity contribution in [2.75, 3.05) is 33.5 Å². The van der Waals surface area contributed by atoms with Crippen molar-refractivity contribution in [2.45, 2.75) is 38.2 Å². The van der Waals surface area contributed by atoms with E-state index in [1.165, 1.54) is 12.1 Å². The number of rotatable bonds is 8. The third-order valence-electron chi connectivity index (χ3n) is 5.25. The first-order valence-corrected chi connectivity index (χ1v) is 9.46. The molecule has 0 radical (unpaired) electrons. The van der Waals surface area contributed by atoms with Crippen LogP contribution in [-0.4, -0.2) is 51.2 Å². The summed E-state index contributed by atoms with van der Waals surface area (Å²) in [4.78, 5) is 18.5. The number of nitrogens with zero attached hydrogens (tertiary/aromatic N) is 1. The van der Waals surface area contributed by atoms with Crippen molar-refractivity contribution in [1.29, 1.82) is 0 Å². The highest BCUT2D eigenvalue weighted by Gasteiger charge is 2.43. The summed E-state index contributed by atoms with van der Waals surface area (Å²) in [6.45, 7) is 2.34. The SMILES string of the molecule is COCCCNC(=O)C1(CC2CC(c3cccc(F)c3)=NO2)CCOCC1. The summed E-state index contributed by atoms with van der Waals surface area (Å²) in [6, 6.07) is 6.34. The van der Waals surface area contributed by atoms with Gasteiger partial charge in [0.15, 0.2) is 0 Å². The topological polar surface area (TPSA) is 69.2 Å². The molecule has 1 N–H and O–H groups in total. The van der Waals surface area contributed by atoms with Gasteiger partial charge >= 0.3 is 0 Å². The molecule has 1 saturated heterocycles. The Hall–Kier alpha value is -1.99. The van der Waals surface area contributed by atoms with E-state index in [1.807, 2.05) is 6.07 Å². The van der Waals surface area contributed by atoms with E-state index < -0.39 is 5.41 Å². The van der Waals surface area contributed by atoms with Crippen LogP contribution in [0, 0.1) is 11.2 Å². The van der Waals surface area contributed by atoms with Gasteiger partial charge in [0, 0.05) is 51.9 Å². The maximum atomic E-state index is 13.5. The van der Waals surface area contributed by atoms with Crippen molar-refractivity contribution < 1.29 is 23.5 Å². The lowest BCUT2D eigenvalue weighted by molar-refractivity contribution is -0.140. The van der Waals surface area contributed by atoms with E-state index >= 15 is 0 Å².